The molecule has 6 nitrogen and oxygen atoms in total. The van der Waals surface area contributed by atoms with Crippen molar-refractivity contribution in [1.29, 1.82) is 0 Å². The third-order valence-electron chi connectivity index (χ3n) is 6.65. The van der Waals surface area contributed by atoms with Crippen LogP contribution in [0.2, 0.25) is 0 Å². The molecule has 0 aromatic heterocycles. The van der Waals surface area contributed by atoms with E-state index in [1.165, 1.54) is 6.07 Å². The fourth-order valence-corrected chi connectivity index (χ4v) is 5.51. The summed E-state index contributed by atoms with van der Waals surface area (Å²) in [7, 11) is 0. The van der Waals surface area contributed by atoms with Crippen molar-refractivity contribution in [2.45, 2.75) is 6.92 Å². The maximum absolute atomic E-state index is 13.8. The predicted octanol–water partition coefficient (Wildman–Crippen LogP) is 7.44. The number of fused-ring (bicyclic) bond motifs is 1. The van der Waals surface area contributed by atoms with Crippen LogP contribution >= 0.6 is 15.9 Å². The molecule has 0 atom stereocenters. The van der Waals surface area contributed by atoms with Gasteiger partial charge in [-0.1, -0.05) is 64.5 Å². The molecule has 0 fully saturated rings. The Bertz CT molecular complexity index is 1790. The Kier molecular flexibility index (Phi) is 4.98. The van der Waals surface area contributed by atoms with Crippen LogP contribution < -0.4 is 4.90 Å². The third-order valence-corrected chi connectivity index (χ3v) is 7.15. The summed E-state index contributed by atoms with van der Waals surface area (Å²) in [6.07, 6.45) is 0. The van der Waals surface area contributed by atoms with Crippen molar-refractivity contribution in [2.75, 3.05) is 4.90 Å². The Morgan fingerprint density at radius 2 is 1.53 bits per heavy atom. The Labute approximate surface area is 214 Å². The molecule has 0 unspecified atom stereocenters. The molecule has 0 aliphatic carbocycles. The maximum atomic E-state index is 13.8. The summed E-state index contributed by atoms with van der Waals surface area (Å²) in [4.78, 5) is 40.4. The van der Waals surface area contributed by atoms with Gasteiger partial charge in [0.05, 0.1) is 21.7 Å². The number of carbonyl (C=O) groups is 2. The van der Waals surface area contributed by atoms with E-state index in [-0.39, 0.29) is 11.3 Å². The first-order chi connectivity index (χ1) is 17.3. The van der Waals surface area contributed by atoms with Gasteiger partial charge >= 0.3 is 0 Å². The average molecular weight is 537 g/mol. The van der Waals surface area contributed by atoms with E-state index in [9.17, 15) is 19.7 Å². The molecule has 1 aliphatic heterocycles. The van der Waals surface area contributed by atoms with Crippen LogP contribution in [0.5, 0.6) is 0 Å². The zero-order valence-electron chi connectivity index (χ0n) is 19.0. The molecular weight excluding hydrogens is 520 g/mol. The summed E-state index contributed by atoms with van der Waals surface area (Å²) in [5.41, 5.74) is 2.61. The molecule has 2 amide bonds. The summed E-state index contributed by atoms with van der Waals surface area (Å²) in [6, 6.07) is 24.9. The SMILES string of the molecule is Cc1cc(Br)ccc1-c1c([N+](=O)[O-])cc2c3c(cccc13)C(=O)N(c1ccc3ccccc3c1)C2=O. The Balaban J connectivity index is 1.63. The fourth-order valence-electron chi connectivity index (χ4n) is 5.03. The van der Waals surface area contributed by atoms with Crippen molar-refractivity contribution in [3.8, 4) is 11.1 Å². The zero-order valence-corrected chi connectivity index (χ0v) is 20.6. The summed E-state index contributed by atoms with van der Waals surface area (Å²) in [5.74, 6) is -1.04. The number of hydrogen-bond donors (Lipinski definition) is 0. The molecule has 36 heavy (non-hydrogen) atoms. The van der Waals surface area contributed by atoms with E-state index in [0.29, 0.717) is 33.2 Å². The summed E-state index contributed by atoms with van der Waals surface area (Å²) in [5, 5.41) is 15.1. The van der Waals surface area contributed by atoms with Crippen LogP contribution in [-0.4, -0.2) is 16.7 Å². The molecule has 5 aromatic rings. The van der Waals surface area contributed by atoms with Gasteiger partial charge in [-0.25, -0.2) is 4.90 Å². The number of hydrogen-bond acceptors (Lipinski definition) is 4. The summed E-state index contributed by atoms with van der Waals surface area (Å²) >= 11 is 3.44. The Hall–Kier alpha value is -4.36. The molecule has 7 heteroatoms. The van der Waals surface area contributed by atoms with Gasteiger partial charge in [0.2, 0.25) is 0 Å². The van der Waals surface area contributed by atoms with E-state index in [4.69, 9.17) is 0 Å². The van der Waals surface area contributed by atoms with Crippen molar-refractivity contribution in [2.24, 2.45) is 0 Å². The Morgan fingerprint density at radius 1 is 0.778 bits per heavy atom. The number of imide groups is 1. The number of nitro groups is 1. The maximum Gasteiger partial charge on any atom is 0.278 e. The minimum atomic E-state index is -0.582. The summed E-state index contributed by atoms with van der Waals surface area (Å²) < 4.78 is 0.852. The smallest absolute Gasteiger partial charge is 0.268 e. The molecule has 0 bridgehead atoms. The highest BCUT2D eigenvalue weighted by Crippen LogP contribution is 2.44. The lowest BCUT2D eigenvalue weighted by Gasteiger charge is -2.28. The van der Waals surface area contributed by atoms with E-state index in [0.717, 1.165) is 25.7 Å². The molecule has 174 valence electrons. The highest BCUT2D eigenvalue weighted by atomic mass is 79.9. The first-order valence-electron chi connectivity index (χ1n) is 11.2. The van der Waals surface area contributed by atoms with Gasteiger partial charge in [-0.05, 0) is 64.5 Å². The summed E-state index contributed by atoms with van der Waals surface area (Å²) in [6.45, 7) is 1.87. The second-order valence-corrected chi connectivity index (χ2v) is 9.66. The van der Waals surface area contributed by atoms with Crippen LogP contribution in [0, 0.1) is 17.0 Å². The fraction of sp³-hybridized carbons (Fsp3) is 0.0345. The number of amides is 2. The number of benzene rings is 5. The van der Waals surface area contributed by atoms with Crippen LogP contribution in [0.1, 0.15) is 26.3 Å². The average Bonchev–Trinajstić information content (AvgIpc) is 2.87. The van der Waals surface area contributed by atoms with Gasteiger partial charge in [-0.15, -0.1) is 0 Å². The van der Waals surface area contributed by atoms with Crippen LogP contribution in [0.4, 0.5) is 11.4 Å². The number of nitro benzene ring substituents is 1. The number of nitrogens with zero attached hydrogens (tertiary/aromatic N) is 2. The molecule has 1 heterocycles. The van der Waals surface area contributed by atoms with Crippen molar-refractivity contribution in [3.63, 3.8) is 0 Å². The molecule has 0 saturated heterocycles. The van der Waals surface area contributed by atoms with Crippen LogP contribution in [0.25, 0.3) is 32.7 Å². The van der Waals surface area contributed by atoms with Gasteiger partial charge in [0, 0.05) is 21.5 Å². The molecule has 0 N–H and O–H groups in total. The third kappa shape index (κ3) is 3.24. The Morgan fingerprint density at radius 3 is 2.28 bits per heavy atom. The molecule has 6 rings (SSSR count). The van der Waals surface area contributed by atoms with Gasteiger partial charge < -0.3 is 0 Å². The van der Waals surface area contributed by atoms with Gasteiger partial charge in [-0.2, -0.15) is 0 Å². The van der Waals surface area contributed by atoms with Gasteiger partial charge in [-0.3, -0.25) is 19.7 Å². The van der Waals surface area contributed by atoms with E-state index in [2.05, 4.69) is 15.9 Å². The second kappa shape index (κ2) is 8.10. The van der Waals surface area contributed by atoms with Crippen molar-refractivity contribution in [3.05, 3.63) is 116 Å². The largest absolute Gasteiger partial charge is 0.278 e. The number of carbonyl (C=O) groups excluding carboxylic acids is 2. The second-order valence-electron chi connectivity index (χ2n) is 8.74. The van der Waals surface area contributed by atoms with Gasteiger partial charge in [0.1, 0.15) is 0 Å². The highest BCUT2D eigenvalue weighted by molar-refractivity contribution is 9.10. The molecule has 1 aliphatic rings. The standard InChI is InChI=1S/C29H17BrN2O4/c1-16-13-19(30)10-12-21(16)27-22-7-4-8-23-26(22)24(15-25(27)32(35)36)29(34)31(28(23)33)20-11-9-17-5-2-3-6-18(17)14-20/h2-15H,1H3. The quantitative estimate of drug-likeness (QED) is 0.136. The number of aryl methyl sites for hydroxylation is 1. The van der Waals surface area contributed by atoms with Gasteiger partial charge in [0.15, 0.2) is 0 Å². The number of anilines is 1. The van der Waals surface area contributed by atoms with Gasteiger partial charge in [0.25, 0.3) is 17.5 Å². The molecular formula is C29H17BrN2O4. The zero-order chi connectivity index (χ0) is 25.1. The number of rotatable bonds is 3. The van der Waals surface area contributed by atoms with E-state index >= 15 is 0 Å². The molecule has 0 spiro atoms. The van der Waals surface area contributed by atoms with E-state index < -0.39 is 16.7 Å². The molecule has 0 radical (unpaired) electrons. The number of halogens is 1. The topological polar surface area (TPSA) is 80.5 Å². The first-order valence-corrected chi connectivity index (χ1v) is 12.0. The lowest BCUT2D eigenvalue weighted by molar-refractivity contribution is -0.384. The highest BCUT2D eigenvalue weighted by Gasteiger charge is 2.37. The minimum Gasteiger partial charge on any atom is -0.268 e. The van der Waals surface area contributed by atoms with E-state index in [1.54, 1.807) is 30.3 Å². The minimum absolute atomic E-state index is 0.138. The van der Waals surface area contributed by atoms with Crippen LogP contribution in [0.15, 0.2) is 89.4 Å². The van der Waals surface area contributed by atoms with Crippen LogP contribution in [-0.2, 0) is 0 Å². The van der Waals surface area contributed by atoms with Crippen molar-refractivity contribution >= 4 is 60.7 Å². The predicted molar refractivity (Wildman–Crippen MR) is 144 cm³/mol. The normalized spacial score (nSPS) is 13.0. The van der Waals surface area contributed by atoms with Crippen molar-refractivity contribution < 1.29 is 14.5 Å². The molecule has 5 aromatic carbocycles. The lowest BCUT2D eigenvalue weighted by atomic mass is 9.86. The molecule has 0 saturated carbocycles. The van der Waals surface area contributed by atoms with E-state index in [1.807, 2.05) is 55.5 Å². The first kappa shape index (κ1) is 22.1. The lowest BCUT2D eigenvalue weighted by Crippen LogP contribution is -2.40. The van der Waals surface area contributed by atoms with Crippen LogP contribution in [0.3, 0.4) is 0 Å². The van der Waals surface area contributed by atoms with Crippen molar-refractivity contribution in [1.82, 2.24) is 0 Å². The monoisotopic (exact) mass is 536 g/mol.